The van der Waals surface area contributed by atoms with Crippen LogP contribution in [0.3, 0.4) is 0 Å². The molecule has 1 heterocycles. The summed E-state index contributed by atoms with van der Waals surface area (Å²) < 4.78 is 10.7. The first kappa shape index (κ1) is 16.5. The average Bonchev–Trinajstić information content (AvgIpc) is 2.68. The maximum atomic E-state index is 12.2. The number of carbonyl (C=O) groups is 1. The van der Waals surface area contributed by atoms with Crippen LogP contribution < -0.4 is 9.47 Å². The van der Waals surface area contributed by atoms with Crippen molar-refractivity contribution in [3.63, 3.8) is 0 Å². The van der Waals surface area contributed by atoms with Crippen LogP contribution in [0.1, 0.15) is 15.9 Å². The topological polar surface area (TPSA) is 48.4 Å². The number of allylic oxidation sites excluding steroid dienone is 1. The number of hydrogen-bond donors (Lipinski definition) is 0. The minimum atomic E-state index is -0.0766. The Morgan fingerprint density at radius 3 is 2.32 bits per heavy atom. The zero-order valence-electron chi connectivity index (χ0n) is 13.8. The van der Waals surface area contributed by atoms with Gasteiger partial charge in [0.1, 0.15) is 11.5 Å². The molecule has 0 saturated heterocycles. The molecule has 3 rings (SSSR count). The molecule has 0 amide bonds. The van der Waals surface area contributed by atoms with Crippen molar-refractivity contribution in [3.8, 4) is 17.4 Å². The van der Waals surface area contributed by atoms with Gasteiger partial charge >= 0.3 is 0 Å². The SMILES string of the molecule is COc1ccc(C(=O)/C=C/c2ccc(Oc3ccccc3)nc2)cc1. The summed E-state index contributed by atoms with van der Waals surface area (Å²) in [6.45, 7) is 0. The molecule has 3 aromatic rings. The van der Waals surface area contributed by atoms with E-state index in [4.69, 9.17) is 9.47 Å². The van der Waals surface area contributed by atoms with Crippen molar-refractivity contribution in [2.24, 2.45) is 0 Å². The van der Waals surface area contributed by atoms with Gasteiger partial charge in [-0.2, -0.15) is 0 Å². The van der Waals surface area contributed by atoms with E-state index >= 15 is 0 Å². The predicted molar refractivity (Wildman–Crippen MR) is 97.1 cm³/mol. The van der Waals surface area contributed by atoms with Crippen molar-refractivity contribution >= 4 is 11.9 Å². The number of ether oxygens (including phenoxy) is 2. The van der Waals surface area contributed by atoms with Crippen LogP contribution in [0.2, 0.25) is 0 Å². The van der Waals surface area contributed by atoms with Gasteiger partial charge in [-0.05, 0) is 60.2 Å². The highest BCUT2D eigenvalue weighted by atomic mass is 16.5. The largest absolute Gasteiger partial charge is 0.497 e. The van der Waals surface area contributed by atoms with Crippen molar-refractivity contribution in [1.29, 1.82) is 0 Å². The number of pyridine rings is 1. The number of hydrogen-bond acceptors (Lipinski definition) is 4. The summed E-state index contributed by atoms with van der Waals surface area (Å²) in [4.78, 5) is 16.4. The molecule has 0 N–H and O–H groups in total. The van der Waals surface area contributed by atoms with Gasteiger partial charge in [-0.25, -0.2) is 4.98 Å². The zero-order valence-corrected chi connectivity index (χ0v) is 13.8. The third-order valence-corrected chi connectivity index (χ3v) is 3.53. The fraction of sp³-hybridized carbons (Fsp3) is 0.0476. The molecule has 1 aromatic heterocycles. The summed E-state index contributed by atoms with van der Waals surface area (Å²) in [6, 6.07) is 20.1. The fourth-order valence-corrected chi connectivity index (χ4v) is 2.18. The molecule has 0 saturated carbocycles. The zero-order chi connectivity index (χ0) is 17.5. The Morgan fingerprint density at radius 1 is 0.920 bits per heavy atom. The normalized spacial score (nSPS) is 10.6. The number of para-hydroxylation sites is 1. The quantitative estimate of drug-likeness (QED) is 0.482. The Labute approximate surface area is 146 Å². The van der Waals surface area contributed by atoms with Crippen molar-refractivity contribution in [1.82, 2.24) is 4.98 Å². The molecular formula is C21H17NO3. The summed E-state index contributed by atoms with van der Waals surface area (Å²) >= 11 is 0. The predicted octanol–water partition coefficient (Wildman–Crippen LogP) is 4.78. The second-order valence-electron chi connectivity index (χ2n) is 5.27. The lowest BCUT2D eigenvalue weighted by Gasteiger charge is -2.04. The van der Waals surface area contributed by atoms with Crippen LogP contribution in [0, 0.1) is 0 Å². The van der Waals surface area contributed by atoms with Crippen LogP contribution in [-0.4, -0.2) is 17.9 Å². The van der Waals surface area contributed by atoms with Crippen LogP contribution in [0.25, 0.3) is 6.08 Å². The Morgan fingerprint density at radius 2 is 1.68 bits per heavy atom. The van der Waals surface area contributed by atoms with E-state index < -0.39 is 0 Å². The number of nitrogens with zero attached hydrogens (tertiary/aromatic N) is 1. The number of ketones is 1. The minimum absolute atomic E-state index is 0.0766. The Hall–Kier alpha value is -3.40. The van der Waals surface area contributed by atoms with Crippen LogP contribution in [-0.2, 0) is 0 Å². The molecule has 2 aromatic carbocycles. The molecule has 4 nitrogen and oxygen atoms in total. The van der Waals surface area contributed by atoms with Crippen molar-refractivity contribution in [2.45, 2.75) is 0 Å². The average molecular weight is 331 g/mol. The summed E-state index contributed by atoms with van der Waals surface area (Å²) in [5, 5.41) is 0. The standard InChI is InChI=1S/C21H17NO3/c1-24-18-11-9-17(10-12-18)20(23)13-7-16-8-14-21(22-15-16)25-19-5-3-2-4-6-19/h2-15H,1H3/b13-7+. The van der Waals surface area contributed by atoms with E-state index in [1.165, 1.54) is 6.08 Å². The van der Waals surface area contributed by atoms with E-state index in [-0.39, 0.29) is 5.78 Å². The highest BCUT2D eigenvalue weighted by Crippen LogP contribution is 2.19. The van der Waals surface area contributed by atoms with Crippen molar-refractivity contribution < 1.29 is 14.3 Å². The first-order valence-electron chi connectivity index (χ1n) is 7.80. The number of aromatic nitrogens is 1. The Balaban J connectivity index is 1.64. The number of benzene rings is 2. The maximum Gasteiger partial charge on any atom is 0.219 e. The van der Waals surface area contributed by atoms with Gasteiger partial charge in [-0.1, -0.05) is 18.2 Å². The minimum Gasteiger partial charge on any atom is -0.497 e. The van der Waals surface area contributed by atoms with Crippen LogP contribution in [0.15, 0.2) is 79.0 Å². The van der Waals surface area contributed by atoms with Crippen LogP contribution in [0.4, 0.5) is 0 Å². The van der Waals surface area contributed by atoms with Gasteiger partial charge in [0, 0.05) is 17.8 Å². The molecule has 0 spiro atoms. The molecule has 0 fully saturated rings. The van der Waals surface area contributed by atoms with Crippen molar-refractivity contribution in [2.75, 3.05) is 7.11 Å². The monoisotopic (exact) mass is 331 g/mol. The van der Waals surface area contributed by atoms with Crippen molar-refractivity contribution in [3.05, 3.63) is 90.1 Å². The molecule has 124 valence electrons. The molecular weight excluding hydrogens is 314 g/mol. The van der Waals surface area contributed by atoms with E-state index in [2.05, 4.69) is 4.98 Å². The molecule has 0 atom stereocenters. The van der Waals surface area contributed by atoms with Crippen LogP contribution in [0.5, 0.6) is 17.4 Å². The lowest BCUT2D eigenvalue weighted by Crippen LogP contribution is -1.94. The van der Waals surface area contributed by atoms with E-state index in [0.29, 0.717) is 11.4 Å². The third-order valence-electron chi connectivity index (χ3n) is 3.53. The van der Waals surface area contributed by atoms with Gasteiger partial charge in [0.2, 0.25) is 5.88 Å². The van der Waals surface area contributed by atoms with E-state index in [9.17, 15) is 4.79 Å². The Kier molecular flexibility index (Phi) is 5.22. The molecule has 0 unspecified atom stereocenters. The van der Waals surface area contributed by atoms with Gasteiger partial charge in [0.25, 0.3) is 0 Å². The number of methoxy groups -OCH3 is 1. The van der Waals surface area contributed by atoms with E-state index in [0.717, 1.165) is 17.1 Å². The third kappa shape index (κ3) is 4.54. The molecule has 0 radical (unpaired) electrons. The molecule has 0 aliphatic carbocycles. The molecule has 0 aliphatic heterocycles. The number of rotatable bonds is 6. The Bertz CT molecular complexity index is 854. The lowest BCUT2D eigenvalue weighted by atomic mass is 10.1. The van der Waals surface area contributed by atoms with Gasteiger partial charge in [0.05, 0.1) is 7.11 Å². The molecule has 25 heavy (non-hydrogen) atoms. The van der Waals surface area contributed by atoms with Crippen LogP contribution >= 0.6 is 0 Å². The van der Waals surface area contributed by atoms with Gasteiger partial charge in [-0.3, -0.25) is 4.79 Å². The van der Waals surface area contributed by atoms with E-state index in [1.807, 2.05) is 36.4 Å². The van der Waals surface area contributed by atoms with Gasteiger partial charge in [0.15, 0.2) is 5.78 Å². The highest BCUT2D eigenvalue weighted by molar-refractivity contribution is 6.06. The molecule has 4 heteroatoms. The summed E-state index contributed by atoms with van der Waals surface area (Å²) in [7, 11) is 1.59. The smallest absolute Gasteiger partial charge is 0.219 e. The maximum absolute atomic E-state index is 12.2. The van der Waals surface area contributed by atoms with Gasteiger partial charge < -0.3 is 9.47 Å². The molecule has 0 aliphatic rings. The molecule has 0 bridgehead atoms. The van der Waals surface area contributed by atoms with E-state index in [1.54, 1.807) is 49.7 Å². The van der Waals surface area contributed by atoms with Gasteiger partial charge in [-0.15, -0.1) is 0 Å². The fourth-order valence-electron chi connectivity index (χ4n) is 2.18. The second-order valence-corrected chi connectivity index (χ2v) is 5.27. The highest BCUT2D eigenvalue weighted by Gasteiger charge is 2.02. The number of carbonyl (C=O) groups excluding carboxylic acids is 1. The summed E-state index contributed by atoms with van der Waals surface area (Å²) in [5.41, 5.74) is 1.43. The first-order valence-corrected chi connectivity index (χ1v) is 7.80. The first-order chi connectivity index (χ1) is 12.2. The lowest BCUT2D eigenvalue weighted by molar-refractivity contribution is 0.104. The summed E-state index contributed by atoms with van der Waals surface area (Å²) in [5.74, 6) is 1.88. The summed E-state index contributed by atoms with van der Waals surface area (Å²) in [6.07, 6.45) is 4.92. The second kappa shape index (κ2) is 7.93.